The molecule has 2 aromatic rings. The van der Waals surface area contributed by atoms with Gasteiger partial charge in [0.05, 0.1) is 17.6 Å². The third-order valence-corrected chi connectivity index (χ3v) is 4.74. The highest BCUT2D eigenvalue weighted by atomic mass is 32.2. The van der Waals surface area contributed by atoms with Gasteiger partial charge in [0.15, 0.2) is 33.8 Å². The molecule has 148 valence electrons. The fourth-order valence-electron chi connectivity index (χ4n) is 2.24. The molecule has 0 radical (unpaired) electrons. The molecular formula is C17H14FNO8S. The summed E-state index contributed by atoms with van der Waals surface area (Å²) in [6, 6.07) is 6.12. The zero-order chi connectivity index (χ0) is 21.1. The van der Waals surface area contributed by atoms with Crippen molar-refractivity contribution >= 4 is 27.3 Å². The number of nitrogens with zero attached hydrogens (tertiary/aromatic N) is 1. The summed E-state index contributed by atoms with van der Waals surface area (Å²) < 4.78 is 46.3. The van der Waals surface area contributed by atoms with Crippen LogP contribution in [0.25, 0.3) is 0 Å². The van der Waals surface area contributed by atoms with Gasteiger partial charge < -0.3 is 9.47 Å². The van der Waals surface area contributed by atoms with Gasteiger partial charge in [0, 0.05) is 17.9 Å². The number of esters is 1. The van der Waals surface area contributed by atoms with Crippen LogP contribution in [-0.4, -0.2) is 45.1 Å². The van der Waals surface area contributed by atoms with E-state index in [0.29, 0.717) is 0 Å². The first-order valence-corrected chi connectivity index (χ1v) is 9.46. The van der Waals surface area contributed by atoms with Gasteiger partial charge in [0.2, 0.25) is 0 Å². The number of methoxy groups -OCH3 is 1. The number of nitro benzene ring substituents is 1. The number of carbonyl (C=O) groups is 2. The zero-order valence-corrected chi connectivity index (χ0v) is 15.5. The van der Waals surface area contributed by atoms with Crippen LogP contribution >= 0.6 is 0 Å². The Morgan fingerprint density at radius 1 is 1.14 bits per heavy atom. The lowest BCUT2D eigenvalue weighted by molar-refractivity contribution is -0.387. The van der Waals surface area contributed by atoms with Gasteiger partial charge in [-0.25, -0.2) is 17.6 Å². The van der Waals surface area contributed by atoms with Crippen molar-refractivity contribution in [2.75, 3.05) is 20.0 Å². The van der Waals surface area contributed by atoms with Crippen molar-refractivity contribution in [2.24, 2.45) is 0 Å². The molecule has 0 amide bonds. The van der Waals surface area contributed by atoms with E-state index in [9.17, 15) is 32.5 Å². The third kappa shape index (κ3) is 4.68. The maximum absolute atomic E-state index is 13.6. The summed E-state index contributed by atoms with van der Waals surface area (Å²) in [7, 11) is -2.63. The van der Waals surface area contributed by atoms with Crippen LogP contribution in [0.4, 0.5) is 10.1 Å². The molecule has 0 aromatic heterocycles. The van der Waals surface area contributed by atoms with E-state index in [1.807, 2.05) is 0 Å². The lowest BCUT2D eigenvalue weighted by Crippen LogP contribution is -2.15. The first-order valence-electron chi connectivity index (χ1n) is 7.57. The fourth-order valence-corrected chi connectivity index (χ4v) is 3.07. The van der Waals surface area contributed by atoms with Crippen LogP contribution in [0.5, 0.6) is 5.75 Å². The van der Waals surface area contributed by atoms with Crippen LogP contribution in [-0.2, 0) is 14.6 Å². The van der Waals surface area contributed by atoms with Gasteiger partial charge in [-0.1, -0.05) is 0 Å². The highest BCUT2D eigenvalue weighted by molar-refractivity contribution is 7.90. The molecule has 11 heteroatoms. The number of hydrogen-bond acceptors (Lipinski definition) is 8. The van der Waals surface area contributed by atoms with E-state index in [2.05, 4.69) is 0 Å². The first-order chi connectivity index (χ1) is 13.0. The average Bonchev–Trinajstić information content (AvgIpc) is 2.64. The number of carbonyl (C=O) groups excluding carboxylic acids is 2. The Bertz CT molecular complexity index is 1060. The van der Waals surface area contributed by atoms with Gasteiger partial charge >= 0.3 is 5.97 Å². The average molecular weight is 411 g/mol. The van der Waals surface area contributed by atoms with Gasteiger partial charge in [0.25, 0.3) is 5.69 Å². The van der Waals surface area contributed by atoms with E-state index < -0.39 is 49.5 Å². The summed E-state index contributed by atoms with van der Waals surface area (Å²) in [6.45, 7) is -0.744. The van der Waals surface area contributed by atoms with Crippen LogP contribution in [0, 0.1) is 15.9 Å². The summed E-state index contributed by atoms with van der Waals surface area (Å²) in [6.07, 6.45) is 0.792. The minimum atomic E-state index is -3.89. The van der Waals surface area contributed by atoms with Crippen LogP contribution in [0.15, 0.2) is 41.3 Å². The zero-order valence-electron chi connectivity index (χ0n) is 14.7. The Balaban J connectivity index is 2.17. The molecule has 0 saturated heterocycles. The summed E-state index contributed by atoms with van der Waals surface area (Å²) in [5.74, 6) is -2.62. The SMILES string of the molecule is COc1ccc(C(=O)COC(=O)c2ccc(S(C)(=O)=O)c([N+](=O)[O-])c2)cc1F. The molecule has 0 fully saturated rings. The molecular weight excluding hydrogens is 397 g/mol. The predicted molar refractivity (Wildman–Crippen MR) is 93.8 cm³/mol. The standard InChI is InChI=1S/C17H14FNO8S/c1-26-15-5-3-10(7-12(15)18)14(20)9-27-17(21)11-4-6-16(28(2,24)25)13(8-11)19(22)23/h3-8H,9H2,1-2H3. The number of Topliss-reactive ketones (excluding diaryl/α,β-unsaturated/α-hetero) is 1. The second-order valence-electron chi connectivity index (χ2n) is 5.56. The second kappa shape index (κ2) is 8.13. The molecule has 0 bridgehead atoms. The molecule has 0 aliphatic rings. The number of nitro groups is 1. The Kier molecular flexibility index (Phi) is 6.09. The highest BCUT2D eigenvalue weighted by Gasteiger charge is 2.24. The van der Waals surface area contributed by atoms with Gasteiger partial charge in [-0.3, -0.25) is 14.9 Å². The van der Waals surface area contributed by atoms with Crippen molar-refractivity contribution in [3.8, 4) is 5.75 Å². The molecule has 0 N–H and O–H groups in total. The largest absolute Gasteiger partial charge is 0.494 e. The van der Waals surface area contributed by atoms with E-state index in [1.54, 1.807) is 0 Å². The smallest absolute Gasteiger partial charge is 0.338 e. The van der Waals surface area contributed by atoms with Crippen molar-refractivity contribution in [3.05, 3.63) is 63.5 Å². The molecule has 0 unspecified atom stereocenters. The Morgan fingerprint density at radius 3 is 2.32 bits per heavy atom. The number of ether oxygens (including phenoxy) is 2. The van der Waals surface area contributed by atoms with Crippen molar-refractivity contribution < 1.29 is 36.8 Å². The van der Waals surface area contributed by atoms with Gasteiger partial charge in [-0.05, 0) is 30.3 Å². The van der Waals surface area contributed by atoms with Crippen LogP contribution in [0.2, 0.25) is 0 Å². The minimum absolute atomic E-state index is 0.0631. The number of hydrogen-bond donors (Lipinski definition) is 0. The number of rotatable bonds is 7. The topological polar surface area (TPSA) is 130 Å². The molecule has 2 rings (SSSR count). The maximum atomic E-state index is 13.6. The lowest BCUT2D eigenvalue weighted by atomic mass is 10.1. The summed E-state index contributed by atoms with van der Waals surface area (Å²) in [4.78, 5) is 33.6. The van der Waals surface area contributed by atoms with Crippen LogP contribution in [0.3, 0.4) is 0 Å². The Morgan fingerprint density at radius 2 is 1.79 bits per heavy atom. The van der Waals surface area contributed by atoms with E-state index in [1.165, 1.54) is 19.2 Å². The van der Waals surface area contributed by atoms with E-state index in [0.717, 1.165) is 30.5 Å². The normalized spacial score (nSPS) is 11.0. The molecule has 0 atom stereocenters. The maximum Gasteiger partial charge on any atom is 0.338 e. The summed E-state index contributed by atoms with van der Waals surface area (Å²) >= 11 is 0. The van der Waals surface area contributed by atoms with Gasteiger partial charge in [-0.2, -0.15) is 0 Å². The van der Waals surface area contributed by atoms with Crippen molar-refractivity contribution in [1.29, 1.82) is 0 Å². The molecule has 9 nitrogen and oxygen atoms in total. The monoisotopic (exact) mass is 411 g/mol. The number of ketones is 1. The van der Waals surface area contributed by atoms with E-state index in [-0.39, 0.29) is 16.9 Å². The number of sulfone groups is 1. The molecule has 2 aromatic carbocycles. The molecule has 0 heterocycles. The molecule has 0 saturated carbocycles. The number of benzene rings is 2. The Hall–Kier alpha value is -3.34. The molecule has 0 aliphatic heterocycles. The quantitative estimate of drug-likeness (QED) is 0.293. The second-order valence-corrected chi connectivity index (χ2v) is 7.54. The predicted octanol–water partition coefficient (Wildman–Crippen LogP) is 2.19. The van der Waals surface area contributed by atoms with Gasteiger partial charge in [-0.15, -0.1) is 0 Å². The highest BCUT2D eigenvalue weighted by Crippen LogP contribution is 2.25. The molecule has 0 aliphatic carbocycles. The van der Waals surface area contributed by atoms with Crippen molar-refractivity contribution in [1.82, 2.24) is 0 Å². The first kappa shape index (κ1) is 21.0. The van der Waals surface area contributed by atoms with Crippen LogP contribution < -0.4 is 4.74 Å². The summed E-state index contributed by atoms with van der Waals surface area (Å²) in [5.41, 5.74) is -1.17. The van der Waals surface area contributed by atoms with E-state index >= 15 is 0 Å². The molecule has 0 spiro atoms. The fraction of sp³-hybridized carbons (Fsp3) is 0.176. The van der Waals surface area contributed by atoms with Crippen LogP contribution in [0.1, 0.15) is 20.7 Å². The third-order valence-electron chi connectivity index (χ3n) is 3.60. The van der Waals surface area contributed by atoms with Crippen molar-refractivity contribution in [3.63, 3.8) is 0 Å². The van der Waals surface area contributed by atoms with E-state index in [4.69, 9.17) is 9.47 Å². The Labute approximate surface area is 158 Å². The minimum Gasteiger partial charge on any atom is -0.494 e. The summed E-state index contributed by atoms with van der Waals surface area (Å²) in [5, 5.41) is 11.1. The van der Waals surface area contributed by atoms with Crippen molar-refractivity contribution in [2.45, 2.75) is 4.90 Å². The number of halogens is 1. The molecule has 28 heavy (non-hydrogen) atoms. The van der Waals surface area contributed by atoms with Gasteiger partial charge in [0.1, 0.15) is 4.90 Å². The lowest BCUT2D eigenvalue weighted by Gasteiger charge is -2.07.